The summed E-state index contributed by atoms with van der Waals surface area (Å²) < 4.78 is 28.4. The number of piperazine rings is 1. The van der Waals surface area contributed by atoms with Crippen LogP contribution in [0.1, 0.15) is 0 Å². The van der Waals surface area contributed by atoms with E-state index in [4.69, 9.17) is 0 Å². The zero-order valence-electron chi connectivity index (χ0n) is 15.1. The van der Waals surface area contributed by atoms with Gasteiger partial charge in [0.05, 0.1) is 15.9 Å². The number of urea groups is 1. The lowest BCUT2D eigenvalue weighted by Crippen LogP contribution is -2.48. The summed E-state index contributed by atoms with van der Waals surface area (Å²) in [5.41, 5.74) is 1.17. The van der Waals surface area contributed by atoms with E-state index >= 15 is 0 Å². The number of likely N-dealkylation sites (N-methyl/N-ethyl adjacent to an activating group) is 1. The average Bonchev–Trinajstić information content (AvgIpc) is 3.31. The van der Waals surface area contributed by atoms with Crippen molar-refractivity contribution in [1.29, 1.82) is 0 Å². The maximum absolute atomic E-state index is 12.4. The van der Waals surface area contributed by atoms with Crippen LogP contribution in [0.3, 0.4) is 0 Å². The molecule has 148 valence electrons. The highest BCUT2D eigenvalue weighted by Gasteiger charge is 2.20. The van der Waals surface area contributed by atoms with Crippen molar-refractivity contribution in [1.82, 2.24) is 14.8 Å². The molecule has 1 fully saturated rings. The molecule has 4 rings (SSSR count). The molecule has 1 aliphatic rings. The molecule has 2 N–H and O–H groups in total. The van der Waals surface area contributed by atoms with Gasteiger partial charge in [-0.3, -0.25) is 10.0 Å². The van der Waals surface area contributed by atoms with E-state index in [-0.39, 0.29) is 10.2 Å². The summed E-state index contributed by atoms with van der Waals surface area (Å²) in [5, 5.41) is 5.06. The number of nitrogens with zero attached hydrogens (tertiary/aromatic N) is 3. The number of aromatic nitrogens is 1. The first-order chi connectivity index (χ1) is 13.4. The Labute approximate surface area is 170 Å². The predicted molar refractivity (Wildman–Crippen MR) is 113 cm³/mol. The number of sulfonamides is 1. The third-order valence-electron chi connectivity index (χ3n) is 4.40. The molecule has 28 heavy (non-hydrogen) atoms. The van der Waals surface area contributed by atoms with Crippen molar-refractivity contribution in [2.75, 3.05) is 43.3 Å². The lowest BCUT2D eigenvalue weighted by atomic mass is 10.3. The Balaban J connectivity index is 1.48. The summed E-state index contributed by atoms with van der Waals surface area (Å²) in [7, 11) is -1.56. The highest BCUT2D eigenvalue weighted by Crippen LogP contribution is 2.30. The van der Waals surface area contributed by atoms with Crippen molar-refractivity contribution in [2.45, 2.75) is 4.21 Å². The maximum atomic E-state index is 12.4. The van der Waals surface area contributed by atoms with Crippen LogP contribution in [0.4, 0.5) is 15.6 Å². The van der Waals surface area contributed by atoms with Crippen LogP contribution in [-0.2, 0) is 10.0 Å². The number of anilines is 2. The molecule has 2 aromatic heterocycles. The highest BCUT2D eigenvalue weighted by atomic mass is 32.2. The van der Waals surface area contributed by atoms with Gasteiger partial charge in [-0.25, -0.2) is 18.2 Å². The predicted octanol–water partition coefficient (Wildman–Crippen LogP) is 2.94. The van der Waals surface area contributed by atoms with E-state index in [0.29, 0.717) is 29.4 Å². The third-order valence-corrected chi connectivity index (χ3v) is 8.12. The van der Waals surface area contributed by atoms with Gasteiger partial charge in [-0.15, -0.1) is 11.3 Å². The molecular formula is C17H19N5O3S3. The van der Waals surface area contributed by atoms with E-state index in [9.17, 15) is 13.2 Å². The number of hydrogen-bond acceptors (Lipinski definition) is 7. The van der Waals surface area contributed by atoms with Crippen LogP contribution in [0, 0.1) is 0 Å². The molecule has 0 saturated carbocycles. The third kappa shape index (κ3) is 4.12. The van der Waals surface area contributed by atoms with Gasteiger partial charge in [0.2, 0.25) is 0 Å². The molecule has 3 aromatic rings. The first kappa shape index (κ1) is 19.1. The van der Waals surface area contributed by atoms with Gasteiger partial charge < -0.3 is 9.80 Å². The number of rotatable bonds is 4. The Morgan fingerprint density at radius 2 is 1.96 bits per heavy atom. The van der Waals surface area contributed by atoms with Crippen LogP contribution in [0.25, 0.3) is 10.2 Å². The van der Waals surface area contributed by atoms with Crippen LogP contribution in [0.2, 0.25) is 0 Å². The lowest BCUT2D eigenvalue weighted by Gasteiger charge is -2.32. The number of amides is 2. The van der Waals surface area contributed by atoms with E-state index < -0.39 is 10.0 Å². The molecule has 1 aromatic carbocycles. The average molecular weight is 438 g/mol. The summed E-state index contributed by atoms with van der Waals surface area (Å²) in [6.07, 6.45) is 0. The SMILES string of the molecule is CN1CCN(C(=O)Nc2nc3ccc(NS(=O)(=O)c4cccs4)cc3s2)CC1. The number of hydrogen-bond donors (Lipinski definition) is 2. The summed E-state index contributed by atoms with van der Waals surface area (Å²) in [6, 6.07) is 8.23. The van der Waals surface area contributed by atoms with Gasteiger partial charge in [-0.2, -0.15) is 0 Å². The van der Waals surface area contributed by atoms with E-state index in [1.54, 1.807) is 40.6 Å². The second-order valence-corrected chi connectivity index (χ2v) is 10.3. The maximum Gasteiger partial charge on any atom is 0.323 e. The van der Waals surface area contributed by atoms with Crippen molar-refractivity contribution in [3.8, 4) is 0 Å². The number of carbonyl (C=O) groups excluding carboxylic acids is 1. The van der Waals surface area contributed by atoms with E-state index in [1.165, 1.54) is 11.3 Å². The van der Waals surface area contributed by atoms with Crippen LogP contribution < -0.4 is 10.0 Å². The lowest BCUT2D eigenvalue weighted by molar-refractivity contribution is 0.164. The molecular weight excluding hydrogens is 418 g/mol. The molecule has 1 aliphatic heterocycles. The van der Waals surface area contributed by atoms with Crippen molar-refractivity contribution in [3.63, 3.8) is 0 Å². The first-order valence-electron chi connectivity index (χ1n) is 8.62. The highest BCUT2D eigenvalue weighted by molar-refractivity contribution is 7.94. The molecule has 0 spiro atoms. The van der Waals surface area contributed by atoms with Gasteiger partial charge in [0, 0.05) is 26.2 Å². The van der Waals surface area contributed by atoms with Gasteiger partial charge in [0.15, 0.2) is 5.13 Å². The molecule has 11 heteroatoms. The quantitative estimate of drug-likeness (QED) is 0.654. The largest absolute Gasteiger partial charge is 0.323 e. The zero-order chi connectivity index (χ0) is 19.7. The van der Waals surface area contributed by atoms with E-state index in [0.717, 1.165) is 29.1 Å². The molecule has 8 nitrogen and oxygen atoms in total. The summed E-state index contributed by atoms with van der Waals surface area (Å²) in [6.45, 7) is 3.06. The number of fused-ring (bicyclic) bond motifs is 1. The van der Waals surface area contributed by atoms with E-state index in [1.807, 2.05) is 7.05 Å². The smallest absolute Gasteiger partial charge is 0.322 e. The summed E-state index contributed by atoms with van der Waals surface area (Å²) in [5.74, 6) is 0. The number of benzene rings is 1. The molecule has 3 heterocycles. The van der Waals surface area contributed by atoms with Gasteiger partial charge in [-0.05, 0) is 36.7 Å². The summed E-state index contributed by atoms with van der Waals surface area (Å²) in [4.78, 5) is 20.8. The topological polar surface area (TPSA) is 94.6 Å². The van der Waals surface area contributed by atoms with Crippen LogP contribution in [0.5, 0.6) is 0 Å². The first-order valence-corrected chi connectivity index (χ1v) is 11.8. The van der Waals surface area contributed by atoms with Crippen LogP contribution >= 0.6 is 22.7 Å². The standard InChI is InChI=1S/C17H19N5O3S3/c1-21-6-8-22(9-7-21)17(23)19-16-18-13-5-4-12(11-14(13)27-16)20-28(24,25)15-3-2-10-26-15/h2-5,10-11,20H,6-9H2,1H3,(H,18,19,23). The van der Waals surface area contributed by atoms with Crippen molar-refractivity contribution in [2.24, 2.45) is 0 Å². The Kier molecular flexibility index (Phi) is 5.23. The second kappa shape index (κ2) is 7.66. The molecule has 2 amide bonds. The van der Waals surface area contributed by atoms with Crippen LogP contribution in [-0.4, -0.2) is 62.5 Å². The van der Waals surface area contributed by atoms with Gasteiger partial charge in [0.25, 0.3) is 10.0 Å². The molecule has 0 unspecified atom stereocenters. The minimum absolute atomic E-state index is 0.161. The fourth-order valence-electron chi connectivity index (χ4n) is 2.84. The Morgan fingerprint density at radius 3 is 2.68 bits per heavy atom. The Morgan fingerprint density at radius 1 is 1.18 bits per heavy atom. The Hall–Kier alpha value is -2.21. The molecule has 0 radical (unpaired) electrons. The number of carbonyl (C=O) groups is 1. The number of nitrogens with one attached hydrogen (secondary N) is 2. The second-order valence-electron chi connectivity index (χ2n) is 6.46. The molecule has 1 saturated heterocycles. The number of thiophene rings is 1. The number of thiazole rings is 1. The van der Waals surface area contributed by atoms with Crippen molar-refractivity contribution in [3.05, 3.63) is 35.7 Å². The fraction of sp³-hybridized carbons (Fsp3) is 0.294. The molecule has 0 atom stereocenters. The normalized spacial score (nSPS) is 15.7. The van der Waals surface area contributed by atoms with Gasteiger partial charge in [0.1, 0.15) is 4.21 Å². The van der Waals surface area contributed by atoms with Gasteiger partial charge >= 0.3 is 6.03 Å². The summed E-state index contributed by atoms with van der Waals surface area (Å²) >= 11 is 2.48. The van der Waals surface area contributed by atoms with Crippen molar-refractivity contribution >= 4 is 59.8 Å². The monoisotopic (exact) mass is 437 g/mol. The van der Waals surface area contributed by atoms with E-state index in [2.05, 4.69) is 19.9 Å². The molecule has 0 aliphatic carbocycles. The Bertz CT molecular complexity index is 1090. The van der Waals surface area contributed by atoms with Crippen LogP contribution in [0.15, 0.2) is 39.9 Å². The minimum atomic E-state index is -3.60. The fourth-order valence-corrected chi connectivity index (χ4v) is 5.78. The van der Waals surface area contributed by atoms with Gasteiger partial charge in [-0.1, -0.05) is 17.4 Å². The zero-order valence-corrected chi connectivity index (χ0v) is 17.5. The van der Waals surface area contributed by atoms with Crippen molar-refractivity contribution < 1.29 is 13.2 Å². The molecule has 0 bridgehead atoms. The minimum Gasteiger partial charge on any atom is -0.322 e.